The van der Waals surface area contributed by atoms with Crippen LogP contribution in [-0.2, 0) is 71.0 Å². The average Bonchev–Trinajstić information content (AvgIpc) is 3.46. The Hall–Kier alpha value is -6.13. The largest absolute Gasteiger partial charge is 0.390 e. The molecule has 0 aliphatic carbocycles. The molecule has 1 saturated heterocycles. The van der Waals surface area contributed by atoms with Crippen molar-refractivity contribution in [1.82, 2.24) is 10.6 Å². The fraction of sp³-hybridized carbons (Fsp3) is 0.397. The summed E-state index contributed by atoms with van der Waals surface area (Å²) < 4.78 is 60.8. The number of carbonyl (C=O) groups excluding carboxylic acids is 2. The second-order valence-electron chi connectivity index (χ2n) is 19.2. The third kappa shape index (κ3) is 19.5. The lowest BCUT2D eigenvalue weighted by Gasteiger charge is -2.46. The molecule has 1 fully saturated rings. The zero-order valence-corrected chi connectivity index (χ0v) is 43.7. The van der Waals surface area contributed by atoms with Crippen LogP contribution in [0.3, 0.4) is 0 Å². The van der Waals surface area contributed by atoms with Crippen LogP contribution in [0.2, 0.25) is 0 Å². The Kier molecular flexibility index (Phi) is 24.6. The van der Waals surface area contributed by atoms with Crippen LogP contribution < -0.4 is 10.6 Å². The molecule has 7 rings (SSSR count). The lowest BCUT2D eigenvalue weighted by atomic mass is 9.97. The second-order valence-corrected chi connectivity index (χ2v) is 19.2. The minimum Gasteiger partial charge on any atom is -0.390 e. The number of amides is 2. The smallest absolute Gasteiger partial charge is 0.251 e. The van der Waals surface area contributed by atoms with Gasteiger partial charge in [-0.25, -0.2) is 4.39 Å². The quantitative estimate of drug-likeness (QED) is 0.0341. The number of aliphatic hydroxyl groups is 1. The van der Waals surface area contributed by atoms with Crippen molar-refractivity contribution in [3.63, 3.8) is 0 Å². The molecular weight excluding hydrogens is 964 g/mol. The molecule has 6 aromatic rings. The van der Waals surface area contributed by atoms with E-state index in [1.54, 1.807) is 0 Å². The summed E-state index contributed by atoms with van der Waals surface area (Å²) in [6.45, 7) is 3.71. The Morgan fingerprint density at radius 2 is 1.04 bits per heavy atom. The van der Waals surface area contributed by atoms with Gasteiger partial charge in [0.05, 0.1) is 58.4 Å². The lowest BCUT2D eigenvalue weighted by Crippen LogP contribution is -2.62. The maximum absolute atomic E-state index is 14.0. The summed E-state index contributed by atoms with van der Waals surface area (Å²) in [5, 5.41) is 17.8. The van der Waals surface area contributed by atoms with Crippen molar-refractivity contribution in [2.24, 2.45) is 0 Å². The van der Waals surface area contributed by atoms with Crippen LogP contribution in [0.4, 0.5) is 4.39 Å². The predicted octanol–water partition coefficient (Wildman–Crippen LogP) is 10.8. The first-order valence-electron chi connectivity index (χ1n) is 26.8. The summed E-state index contributed by atoms with van der Waals surface area (Å²) in [5.41, 5.74) is 5.23. The maximum atomic E-state index is 14.0. The Bertz CT molecular complexity index is 2510. The first-order chi connectivity index (χ1) is 37.3. The number of aliphatic hydroxyl groups excluding tert-OH is 1. The average molecular weight is 1040 g/mol. The topological polar surface area (TPSA) is 143 Å². The molecule has 3 N–H and O–H groups in total. The number of nitrogens with one attached hydrogen (secondary N) is 2. The molecule has 404 valence electrons. The molecule has 12 nitrogen and oxygen atoms in total. The summed E-state index contributed by atoms with van der Waals surface area (Å²) in [6, 6.07) is 54.1. The van der Waals surface area contributed by atoms with Gasteiger partial charge in [-0.3, -0.25) is 9.59 Å². The second kappa shape index (κ2) is 32.5. The summed E-state index contributed by atoms with van der Waals surface area (Å²) in [5.74, 6) is -0.797. The lowest BCUT2D eigenvalue weighted by molar-refractivity contribution is -0.330. The molecular formula is C63H75FN2O10. The highest BCUT2D eigenvalue weighted by molar-refractivity contribution is 5.94. The van der Waals surface area contributed by atoms with Crippen molar-refractivity contribution >= 4 is 11.8 Å². The number of benzene rings is 6. The van der Waals surface area contributed by atoms with Gasteiger partial charge >= 0.3 is 0 Å². The molecule has 8 atom stereocenters. The number of hydrogen-bond acceptors (Lipinski definition) is 10. The van der Waals surface area contributed by atoms with Crippen molar-refractivity contribution in [3.05, 3.63) is 215 Å². The molecule has 0 aromatic heterocycles. The minimum absolute atomic E-state index is 0.103. The molecule has 0 radical (unpaired) electrons. The van der Waals surface area contributed by atoms with E-state index in [1.165, 1.54) is 24.3 Å². The first kappa shape index (κ1) is 57.6. The third-order valence-corrected chi connectivity index (χ3v) is 13.3. The van der Waals surface area contributed by atoms with E-state index in [9.17, 15) is 19.1 Å². The highest BCUT2D eigenvalue weighted by Crippen LogP contribution is 2.32. The summed E-state index contributed by atoms with van der Waals surface area (Å²) >= 11 is 0. The van der Waals surface area contributed by atoms with Gasteiger partial charge in [0, 0.05) is 18.5 Å². The predicted molar refractivity (Wildman–Crippen MR) is 290 cm³/mol. The normalized spacial score (nSPS) is 18.6. The molecule has 6 aromatic carbocycles. The number of halogens is 1. The van der Waals surface area contributed by atoms with Gasteiger partial charge in [-0.05, 0) is 71.3 Å². The Morgan fingerprint density at radius 3 is 1.58 bits per heavy atom. The van der Waals surface area contributed by atoms with Gasteiger partial charge in [0.15, 0.2) is 6.29 Å². The SMILES string of the molecule is CC[C@@H](O)[C@@H](OCc1ccccc1)[C@H](CO[C@H]1OC(COCc2ccccc2)[C@H](OCc2ccccc2)[C@H](OCc2ccccc2)C1OCc1ccccc1)NC(=O)CCCCCCCCNC(=O)c1ccc(F)cc1. The van der Waals surface area contributed by atoms with Gasteiger partial charge < -0.3 is 48.9 Å². The van der Waals surface area contributed by atoms with E-state index < -0.39 is 49.0 Å². The van der Waals surface area contributed by atoms with Gasteiger partial charge in [-0.1, -0.05) is 184 Å². The van der Waals surface area contributed by atoms with Crippen molar-refractivity contribution in [1.29, 1.82) is 0 Å². The molecule has 2 unspecified atom stereocenters. The molecule has 0 bridgehead atoms. The molecule has 76 heavy (non-hydrogen) atoms. The van der Waals surface area contributed by atoms with E-state index in [1.807, 2.05) is 159 Å². The van der Waals surface area contributed by atoms with Crippen molar-refractivity contribution in [3.8, 4) is 0 Å². The van der Waals surface area contributed by atoms with Crippen molar-refractivity contribution in [2.75, 3.05) is 19.8 Å². The number of carbonyl (C=O) groups is 2. The van der Waals surface area contributed by atoms with Gasteiger partial charge in [0.2, 0.25) is 5.91 Å². The van der Waals surface area contributed by atoms with Crippen LogP contribution in [0.25, 0.3) is 0 Å². The summed E-state index contributed by atoms with van der Waals surface area (Å²) in [4.78, 5) is 26.4. The van der Waals surface area contributed by atoms with Crippen LogP contribution in [-0.4, -0.2) is 85.6 Å². The Morgan fingerprint density at radius 1 is 0.566 bits per heavy atom. The van der Waals surface area contributed by atoms with Crippen LogP contribution >= 0.6 is 0 Å². The molecule has 1 heterocycles. The third-order valence-electron chi connectivity index (χ3n) is 13.3. The van der Waals surface area contributed by atoms with Gasteiger partial charge in [0.1, 0.15) is 36.3 Å². The number of unbranched alkanes of at least 4 members (excludes halogenated alkanes) is 5. The summed E-state index contributed by atoms with van der Waals surface area (Å²) in [7, 11) is 0. The molecule has 13 heteroatoms. The molecule has 0 saturated carbocycles. The number of rotatable bonds is 33. The van der Waals surface area contributed by atoms with E-state index in [4.69, 9.17) is 33.2 Å². The zero-order chi connectivity index (χ0) is 53.0. The van der Waals surface area contributed by atoms with Crippen LogP contribution in [0.15, 0.2) is 176 Å². The zero-order valence-electron chi connectivity index (χ0n) is 43.7. The Labute approximate surface area is 448 Å². The highest BCUT2D eigenvalue weighted by atomic mass is 19.1. The van der Waals surface area contributed by atoms with E-state index in [-0.39, 0.29) is 63.7 Å². The van der Waals surface area contributed by atoms with E-state index in [0.29, 0.717) is 31.6 Å². The van der Waals surface area contributed by atoms with Gasteiger partial charge in [0.25, 0.3) is 5.91 Å². The van der Waals surface area contributed by atoms with Gasteiger partial charge in [-0.2, -0.15) is 0 Å². The molecule has 1 aliphatic heterocycles. The van der Waals surface area contributed by atoms with E-state index in [2.05, 4.69) is 10.6 Å². The molecule has 2 amide bonds. The molecule has 1 aliphatic rings. The van der Waals surface area contributed by atoms with Gasteiger partial charge in [-0.15, -0.1) is 0 Å². The van der Waals surface area contributed by atoms with Crippen LogP contribution in [0, 0.1) is 5.82 Å². The molecule has 0 spiro atoms. The highest BCUT2D eigenvalue weighted by Gasteiger charge is 2.49. The van der Waals surface area contributed by atoms with Crippen molar-refractivity contribution in [2.45, 2.75) is 140 Å². The first-order valence-corrected chi connectivity index (χ1v) is 26.8. The standard InChI is InChI=1S/C63H75FN2O10/c1-2-55(67)58(71-41-48-26-14-8-15-27-48)54(66-57(68)34-22-5-3-4-6-23-39-65-62(69)52-35-37-53(64)38-36-52)45-75-63-61(74-44-51-32-20-11-21-33-51)60(73-43-50-30-18-10-19-31-50)59(72-42-49-28-16-9-17-29-49)56(76-63)46-70-40-47-24-12-7-13-25-47/h7-21,24-33,35-38,54-56,58-61,63,67H,2-6,22-23,34,39-46H2,1H3,(H,65,69)(H,66,68)/t54-,55+,56?,58-,59-,60-,61?,63-/m0/s1. The number of hydrogen-bond donors (Lipinski definition) is 3. The van der Waals surface area contributed by atoms with Crippen LogP contribution in [0.5, 0.6) is 0 Å². The summed E-state index contributed by atoms with van der Waals surface area (Å²) in [6.07, 6.45) is -0.129. The monoisotopic (exact) mass is 1040 g/mol. The minimum atomic E-state index is -1.06. The van der Waals surface area contributed by atoms with E-state index >= 15 is 0 Å². The fourth-order valence-corrected chi connectivity index (χ4v) is 9.09. The fourth-order valence-electron chi connectivity index (χ4n) is 9.09. The van der Waals surface area contributed by atoms with E-state index in [0.717, 1.165) is 59.9 Å². The maximum Gasteiger partial charge on any atom is 0.251 e. The van der Waals surface area contributed by atoms with Crippen molar-refractivity contribution < 1.29 is 52.2 Å². The van der Waals surface area contributed by atoms with Crippen LogP contribution in [0.1, 0.15) is 96.5 Å². The Balaban J connectivity index is 1.09. The number of ether oxygens (including phenoxy) is 7.